The molecule has 13 heteroatoms. The van der Waals surface area contributed by atoms with E-state index in [-0.39, 0.29) is 17.1 Å². The molecule has 3 aromatic rings. The maximum Gasteiger partial charge on any atom is 0.412 e. The highest BCUT2D eigenvalue weighted by Gasteiger charge is 2.20. The predicted octanol–water partition coefficient (Wildman–Crippen LogP) is 5.79. The van der Waals surface area contributed by atoms with Crippen LogP contribution in [0, 0.1) is 10.1 Å². The topological polar surface area (TPSA) is 168 Å². The van der Waals surface area contributed by atoms with Crippen molar-refractivity contribution in [2.75, 3.05) is 36.6 Å². The number of hydrogen-bond donors (Lipinski definition) is 4. The Hall–Kier alpha value is -5.04. The number of ether oxygens (including phenoxy) is 1. The molecular weight excluding hydrogens is 554 g/mol. The molecule has 0 saturated carbocycles. The fourth-order valence-electron chi connectivity index (χ4n) is 4.00. The summed E-state index contributed by atoms with van der Waals surface area (Å²) in [4.78, 5) is 55.0. The summed E-state index contributed by atoms with van der Waals surface area (Å²) in [5.41, 5.74) is 0.995. The van der Waals surface area contributed by atoms with E-state index in [9.17, 15) is 24.5 Å². The summed E-state index contributed by atoms with van der Waals surface area (Å²) in [5.74, 6) is -0.495. The molecular formula is C30H37N7O6. The van der Waals surface area contributed by atoms with E-state index in [1.807, 2.05) is 19.0 Å². The number of hydrogen-bond acceptors (Lipinski definition) is 8. The molecule has 2 aromatic carbocycles. The molecule has 228 valence electrons. The van der Waals surface area contributed by atoms with Crippen LogP contribution in [0.1, 0.15) is 55.7 Å². The maximum absolute atomic E-state index is 13.0. The number of rotatable bonds is 11. The summed E-state index contributed by atoms with van der Waals surface area (Å²) in [5, 5.41) is 22.0. The third-order valence-corrected chi connectivity index (χ3v) is 5.95. The van der Waals surface area contributed by atoms with E-state index in [0.29, 0.717) is 23.4 Å². The summed E-state index contributed by atoms with van der Waals surface area (Å²) in [7, 11) is 3.90. The van der Waals surface area contributed by atoms with Gasteiger partial charge in [-0.3, -0.25) is 25.2 Å². The molecule has 4 amide bonds. The van der Waals surface area contributed by atoms with E-state index < -0.39 is 34.6 Å². The van der Waals surface area contributed by atoms with Crippen molar-refractivity contribution in [1.29, 1.82) is 0 Å². The quantitative estimate of drug-likeness (QED) is 0.160. The Balaban J connectivity index is 1.71. The molecule has 0 aliphatic heterocycles. The molecule has 0 spiro atoms. The zero-order valence-electron chi connectivity index (χ0n) is 24.8. The van der Waals surface area contributed by atoms with E-state index in [2.05, 4.69) is 26.3 Å². The number of carbonyl (C=O) groups excluding carboxylic acids is 3. The molecule has 1 aromatic heterocycles. The van der Waals surface area contributed by atoms with Gasteiger partial charge in [0, 0.05) is 24.0 Å². The van der Waals surface area contributed by atoms with E-state index >= 15 is 0 Å². The third-order valence-electron chi connectivity index (χ3n) is 5.95. The Labute approximate surface area is 250 Å². The van der Waals surface area contributed by atoms with Gasteiger partial charge in [-0.05, 0) is 84.1 Å². The molecule has 1 atom stereocenters. The highest BCUT2D eigenvalue weighted by molar-refractivity contribution is 6.05. The van der Waals surface area contributed by atoms with Gasteiger partial charge in [0.25, 0.3) is 11.6 Å². The average Bonchev–Trinajstić information content (AvgIpc) is 2.92. The van der Waals surface area contributed by atoms with Gasteiger partial charge in [0.1, 0.15) is 11.3 Å². The highest BCUT2D eigenvalue weighted by Crippen LogP contribution is 2.24. The monoisotopic (exact) mass is 591 g/mol. The molecule has 0 saturated heterocycles. The van der Waals surface area contributed by atoms with Crippen LogP contribution in [0.25, 0.3) is 0 Å². The molecule has 43 heavy (non-hydrogen) atoms. The number of urea groups is 1. The molecule has 1 heterocycles. The number of anilines is 3. The minimum absolute atomic E-state index is 0.129. The number of aromatic nitrogens is 1. The van der Waals surface area contributed by atoms with Crippen LogP contribution in [-0.4, -0.2) is 59.1 Å². The van der Waals surface area contributed by atoms with E-state index in [1.165, 1.54) is 24.4 Å². The van der Waals surface area contributed by atoms with Gasteiger partial charge < -0.3 is 25.6 Å². The van der Waals surface area contributed by atoms with Crippen LogP contribution in [0.5, 0.6) is 0 Å². The lowest BCUT2D eigenvalue weighted by Crippen LogP contribution is -2.33. The van der Waals surface area contributed by atoms with Crippen LogP contribution >= 0.6 is 0 Å². The van der Waals surface area contributed by atoms with Crippen molar-refractivity contribution in [1.82, 2.24) is 15.2 Å². The van der Waals surface area contributed by atoms with Gasteiger partial charge in [-0.25, -0.2) is 9.59 Å². The van der Waals surface area contributed by atoms with Crippen LogP contribution in [0.4, 0.5) is 32.3 Å². The second-order valence-corrected chi connectivity index (χ2v) is 11.0. The van der Waals surface area contributed by atoms with Gasteiger partial charge in [0.05, 0.1) is 22.3 Å². The van der Waals surface area contributed by atoms with Crippen LogP contribution in [-0.2, 0) is 4.74 Å². The standard InChI is InChI=1S/C30H37N7O6/c1-30(2,3)43-29(40)35-25-13-7-6-12-24(25)33-27(38)26-16-15-20(19-31-26)23(14-9-17-36(4)5)34-28(39)32-21-10-8-11-22(18-21)37(41)42/h6-8,10-13,15-16,18-19,23H,9,14,17H2,1-5H3,(H,33,38)(H,35,40)(H2,32,34,39). The van der Waals surface area contributed by atoms with Crippen molar-refractivity contribution in [3.8, 4) is 0 Å². The van der Waals surface area contributed by atoms with Crippen LogP contribution in [0.15, 0.2) is 66.9 Å². The zero-order valence-corrected chi connectivity index (χ0v) is 24.8. The van der Waals surface area contributed by atoms with Crippen molar-refractivity contribution in [3.63, 3.8) is 0 Å². The first kappa shape index (κ1) is 32.5. The van der Waals surface area contributed by atoms with Crippen LogP contribution < -0.4 is 21.3 Å². The number of pyridine rings is 1. The highest BCUT2D eigenvalue weighted by atomic mass is 16.6. The molecule has 13 nitrogen and oxygen atoms in total. The number of nitro groups is 1. The van der Waals surface area contributed by atoms with Gasteiger partial charge in [-0.1, -0.05) is 24.3 Å². The van der Waals surface area contributed by atoms with Gasteiger partial charge in [0.15, 0.2) is 0 Å². The number of nitrogens with one attached hydrogen (secondary N) is 4. The lowest BCUT2D eigenvalue weighted by Gasteiger charge is -2.21. The minimum atomic E-state index is -0.684. The van der Waals surface area contributed by atoms with Crippen molar-refractivity contribution >= 4 is 40.8 Å². The number of carbonyl (C=O) groups is 3. The molecule has 0 radical (unpaired) electrons. The summed E-state index contributed by atoms with van der Waals surface area (Å²) < 4.78 is 5.30. The van der Waals surface area contributed by atoms with Crippen molar-refractivity contribution in [2.24, 2.45) is 0 Å². The number of non-ortho nitro benzene ring substituents is 1. The Morgan fingerprint density at radius 3 is 2.28 bits per heavy atom. The summed E-state index contributed by atoms with van der Waals surface area (Å²) in [6.45, 7) is 6.04. The Morgan fingerprint density at radius 1 is 0.977 bits per heavy atom. The summed E-state index contributed by atoms with van der Waals surface area (Å²) in [6, 6.07) is 14.7. The summed E-state index contributed by atoms with van der Waals surface area (Å²) >= 11 is 0. The smallest absolute Gasteiger partial charge is 0.412 e. The average molecular weight is 592 g/mol. The molecule has 0 aliphatic rings. The first-order valence-electron chi connectivity index (χ1n) is 13.6. The lowest BCUT2D eigenvalue weighted by atomic mass is 10.0. The molecule has 0 bridgehead atoms. The van der Waals surface area contributed by atoms with Crippen LogP contribution in [0.3, 0.4) is 0 Å². The Morgan fingerprint density at radius 2 is 1.67 bits per heavy atom. The molecule has 3 rings (SSSR count). The van der Waals surface area contributed by atoms with Gasteiger partial charge in [-0.15, -0.1) is 0 Å². The molecule has 0 aliphatic carbocycles. The Kier molecular flexibility index (Phi) is 11.1. The van der Waals surface area contributed by atoms with Gasteiger partial charge in [0.2, 0.25) is 0 Å². The molecule has 1 unspecified atom stereocenters. The first-order valence-corrected chi connectivity index (χ1v) is 13.6. The van der Waals surface area contributed by atoms with E-state index in [1.54, 1.807) is 63.2 Å². The lowest BCUT2D eigenvalue weighted by molar-refractivity contribution is -0.384. The van der Waals surface area contributed by atoms with E-state index in [4.69, 9.17) is 4.74 Å². The normalized spacial score (nSPS) is 11.8. The first-order chi connectivity index (χ1) is 20.3. The fourth-order valence-corrected chi connectivity index (χ4v) is 4.00. The van der Waals surface area contributed by atoms with Crippen molar-refractivity contribution in [2.45, 2.75) is 45.3 Å². The molecule has 0 fully saturated rings. The Bertz CT molecular complexity index is 1440. The number of nitrogens with zero attached hydrogens (tertiary/aromatic N) is 3. The minimum Gasteiger partial charge on any atom is -0.444 e. The second kappa shape index (κ2) is 14.7. The zero-order chi connectivity index (χ0) is 31.6. The van der Waals surface area contributed by atoms with Crippen molar-refractivity contribution < 1.29 is 24.0 Å². The SMILES string of the molecule is CN(C)CCCC(NC(=O)Nc1cccc([N+](=O)[O-])c1)c1ccc(C(=O)Nc2ccccc2NC(=O)OC(C)(C)C)nc1. The number of benzene rings is 2. The molecule has 4 N–H and O–H groups in total. The second-order valence-electron chi connectivity index (χ2n) is 11.0. The number of para-hydroxylation sites is 2. The predicted molar refractivity (Wildman–Crippen MR) is 164 cm³/mol. The fraction of sp³-hybridized carbons (Fsp3) is 0.333. The number of amides is 4. The van der Waals surface area contributed by atoms with Crippen LogP contribution in [0.2, 0.25) is 0 Å². The number of nitro benzene ring substituents is 1. The van der Waals surface area contributed by atoms with E-state index in [0.717, 1.165) is 13.0 Å². The summed E-state index contributed by atoms with van der Waals surface area (Å²) in [6.07, 6.45) is 2.21. The van der Waals surface area contributed by atoms with Crippen molar-refractivity contribution in [3.05, 3.63) is 88.2 Å². The largest absolute Gasteiger partial charge is 0.444 e. The maximum atomic E-state index is 13.0. The van der Waals surface area contributed by atoms with Gasteiger partial charge in [-0.2, -0.15) is 0 Å². The van der Waals surface area contributed by atoms with Gasteiger partial charge >= 0.3 is 12.1 Å². The third kappa shape index (κ3) is 10.7.